The van der Waals surface area contributed by atoms with Crippen molar-refractivity contribution in [1.29, 1.82) is 0 Å². The van der Waals surface area contributed by atoms with Crippen LogP contribution < -0.4 is 10.5 Å². The summed E-state index contributed by atoms with van der Waals surface area (Å²) in [7, 11) is 2.87. The highest BCUT2D eigenvalue weighted by Crippen LogP contribution is 2.41. The topological polar surface area (TPSA) is 53.1 Å². The maximum atomic E-state index is 13.0. The summed E-state index contributed by atoms with van der Waals surface area (Å²) in [6, 6.07) is 5.11. The molecule has 0 atom stereocenters. The van der Waals surface area contributed by atoms with Crippen molar-refractivity contribution in [3.63, 3.8) is 0 Å². The molecular formula is C12H12F3N3O. The van der Waals surface area contributed by atoms with E-state index in [1.54, 1.807) is 7.05 Å². The maximum absolute atomic E-state index is 13.0. The number of nitrogens with zero attached hydrogens (tertiary/aromatic N) is 2. The molecule has 0 fully saturated rings. The van der Waals surface area contributed by atoms with Crippen LogP contribution in [0.1, 0.15) is 5.56 Å². The molecule has 19 heavy (non-hydrogen) atoms. The molecule has 0 unspecified atom stereocenters. The van der Waals surface area contributed by atoms with E-state index < -0.39 is 11.7 Å². The van der Waals surface area contributed by atoms with E-state index in [9.17, 15) is 13.2 Å². The van der Waals surface area contributed by atoms with E-state index in [0.717, 1.165) is 6.07 Å². The third-order valence-corrected chi connectivity index (χ3v) is 2.72. The van der Waals surface area contributed by atoms with E-state index in [-0.39, 0.29) is 22.8 Å². The van der Waals surface area contributed by atoms with Crippen molar-refractivity contribution in [2.45, 2.75) is 6.18 Å². The van der Waals surface area contributed by atoms with Gasteiger partial charge in [-0.2, -0.15) is 18.3 Å². The number of aromatic nitrogens is 2. The first-order valence-electron chi connectivity index (χ1n) is 5.38. The van der Waals surface area contributed by atoms with E-state index in [2.05, 4.69) is 5.10 Å². The Labute approximate surface area is 107 Å². The molecular weight excluding hydrogens is 259 g/mol. The molecule has 2 rings (SSSR count). The number of benzene rings is 1. The molecule has 1 aromatic heterocycles. The number of hydrogen-bond acceptors (Lipinski definition) is 3. The minimum absolute atomic E-state index is 0.105. The van der Waals surface area contributed by atoms with Gasteiger partial charge in [-0.25, -0.2) is 0 Å². The van der Waals surface area contributed by atoms with Crippen LogP contribution in [0.2, 0.25) is 0 Å². The average Bonchev–Trinajstić information content (AvgIpc) is 2.67. The molecule has 1 heterocycles. The highest BCUT2D eigenvalue weighted by atomic mass is 19.4. The zero-order valence-corrected chi connectivity index (χ0v) is 10.3. The molecule has 2 aromatic rings. The smallest absolute Gasteiger partial charge is 0.417 e. The number of nitrogens with two attached hydrogens (primary N) is 1. The molecule has 4 nitrogen and oxygen atoms in total. The quantitative estimate of drug-likeness (QED) is 0.913. The van der Waals surface area contributed by atoms with Gasteiger partial charge in [0.1, 0.15) is 11.6 Å². The Hall–Kier alpha value is -2.18. The fraction of sp³-hybridized carbons (Fsp3) is 0.250. The average molecular weight is 271 g/mol. The largest absolute Gasteiger partial charge is 0.496 e. The van der Waals surface area contributed by atoms with Gasteiger partial charge in [0, 0.05) is 13.1 Å². The third kappa shape index (κ3) is 2.35. The summed E-state index contributed by atoms with van der Waals surface area (Å²) in [6.45, 7) is 0. The predicted octanol–water partition coefficient (Wildman–Crippen LogP) is 2.70. The zero-order chi connectivity index (χ0) is 14.2. The molecule has 0 aliphatic carbocycles. The summed E-state index contributed by atoms with van der Waals surface area (Å²) in [5.41, 5.74) is 4.83. The summed E-state index contributed by atoms with van der Waals surface area (Å²) in [5, 5.41) is 3.97. The lowest BCUT2D eigenvalue weighted by atomic mass is 10.0. The van der Waals surface area contributed by atoms with Crippen LogP contribution in [0.25, 0.3) is 11.3 Å². The summed E-state index contributed by atoms with van der Waals surface area (Å²) in [5.74, 6) is 0.377. The normalized spacial score (nSPS) is 11.6. The van der Waals surface area contributed by atoms with Gasteiger partial charge in [0.25, 0.3) is 0 Å². The highest BCUT2D eigenvalue weighted by Gasteiger charge is 2.35. The Bertz CT molecular complexity index is 585. The molecule has 0 bridgehead atoms. The first kappa shape index (κ1) is 13.3. The molecule has 7 heteroatoms. The highest BCUT2D eigenvalue weighted by molar-refractivity contribution is 5.73. The summed E-state index contributed by atoms with van der Waals surface area (Å²) < 4.78 is 45.4. The van der Waals surface area contributed by atoms with E-state index in [4.69, 9.17) is 10.5 Å². The lowest BCUT2D eigenvalue weighted by molar-refractivity contribution is -0.137. The predicted molar refractivity (Wildman–Crippen MR) is 64.6 cm³/mol. The van der Waals surface area contributed by atoms with Crippen molar-refractivity contribution in [3.8, 4) is 17.0 Å². The van der Waals surface area contributed by atoms with Crippen molar-refractivity contribution >= 4 is 5.82 Å². The number of methoxy groups -OCH3 is 1. The Morgan fingerprint density at radius 3 is 2.47 bits per heavy atom. The first-order valence-corrected chi connectivity index (χ1v) is 5.38. The number of rotatable bonds is 2. The Balaban J connectivity index is 2.72. The molecule has 0 saturated carbocycles. The lowest BCUT2D eigenvalue weighted by Crippen LogP contribution is -2.08. The van der Waals surface area contributed by atoms with Crippen molar-refractivity contribution in [2.24, 2.45) is 7.05 Å². The van der Waals surface area contributed by atoms with Gasteiger partial charge in [0.05, 0.1) is 23.9 Å². The monoisotopic (exact) mass is 271 g/mol. The van der Waals surface area contributed by atoms with Crippen LogP contribution in [0.3, 0.4) is 0 Å². The third-order valence-electron chi connectivity index (χ3n) is 2.72. The number of ether oxygens (including phenoxy) is 1. The standard InChI is InChI=1S/C12H12F3N3O/c1-18-10(16)6-8(17-18)11-7(12(13,14)15)4-3-5-9(11)19-2/h3-6H,16H2,1-2H3. The molecule has 102 valence electrons. The number of alkyl halides is 3. The van der Waals surface area contributed by atoms with Gasteiger partial charge < -0.3 is 10.5 Å². The van der Waals surface area contributed by atoms with Crippen molar-refractivity contribution in [3.05, 3.63) is 29.8 Å². The van der Waals surface area contributed by atoms with Crippen molar-refractivity contribution in [2.75, 3.05) is 12.8 Å². The maximum Gasteiger partial charge on any atom is 0.417 e. The van der Waals surface area contributed by atoms with Gasteiger partial charge in [-0.15, -0.1) is 0 Å². The summed E-state index contributed by atoms with van der Waals surface area (Å²) >= 11 is 0. The Morgan fingerprint density at radius 2 is 2.00 bits per heavy atom. The Kier molecular flexibility index (Phi) is 3.13. The molecule has 2 N–H and O–H groups in total. The van der Waals surface area contributed by atoms with E-state index in [1.165, 1.54) is 30.0 Å². The zero-order valence-electron chi connectivity index (χ0n) is 10.3. The molecule has 0 aliphatic rings. The minimum atomic E-state index is -4.49. The van der Waals surface area contributed by atoms with E-state index >= 15 is 0 Å². The van der Waals surface area contributed by atoms with Gasteiger partial charge in [0.15, 0.2) is 0 Å². The van der Waals surface area contributed by atoms with Gasteiger partial charge >= 0.3 is 6.18 Å². The van der Waals surface area contributed by atoms with Crippen LogP contribution in [0.15, 0.2) is 24.3 Å². The second kappa shape index (κ2) is 4.49. The number of hydrogen-bond donors (Lipinski definition) is 1. The van der Waals surface area contributed by atoms with Crippen LogP contribution in [0, 0.1) is 0 Å². The molecule has 0 aliphatic heterocycles. The van der Waals surface area contributed by atoms with E-state index in [0.29, 0.717) is 0 Å². The summed E-state index contributed by atoms with van der Waals surface area (Å²) in [4.78, 5) is 0. The molecule has 1 aromatic carbocycles. The minimum Gasteiger partial charge on any atom is -0.496 e. The van der Waals surface area contributed by atoms with E-state index in [1.807, 2.05) is 0 Å². The number of anilines is 1. The second-order valence-electron chi connectivity index (χ2n) is 3.96. The number of aryl methyl sites for hydroxylation is 1. The van der Waals surface area contributed by atoms with Gasteiger partial charge in [-0.1, -0.05) is 6.07 Å². The van der Waals surface area contributed by atoms with Gasteiger partial charge in [-0.3, -0.25) is 4.68 Å². The SMILES string of the molecule is COc1cccc(C(F)(F)F)c1-c1cc(N)n(C)n1. The second-order valence-corrected chi connectivity index (χ2v) is 3.96. The number of nitrogen functional groups attached to an aromatic ring is 1. The fourth-order valence-corrected chi connectivity index (χ4v) is 1.81. The molecule has 0 radical (unpaired) electrons. The fourth-order valence-electron chi connectivity index (χ4n) is 1.81. The lowest BCUT2D eigenvalue weighted by Gasteiger charge is -2.14. The van der Waals surface area contributed by atoms with Crippen LogP contribution >= 0.6 is 0 Å². The molecule has 0 amide bonds. The van der Waals surface area contributed by atoms with Crippen LogP contribution in [0.5, 0.6) is 5.75 Å². The van der Waals surface area contributed by atoms with Crippen LogP contribution in [0.4, 0.5) is 19.0 Å². The first-order chi connectivity index (χ1) is 8.84. The van der Waals surface area contributed by atoms with Crippen LogP contribution in [-0.2, 0) is 13.2 Å². The molecule has 0 saturated heterocycles. The van der Waals surface area contributed by atoms with Crippen LogP contribution in [-0.4, -0.2) is 16.9 Å². The van der Waals surface area contributed by atoms with Crippen molar-refractivity contribution < 1.29 is 17.9 Å². The van der Waals surface area contributed by atoms with Crippen molar-refractivity contribution in [1.82, 2.24) is 9.78 Å². The number of halogens is 3. The van der Waals surface area contributed by atoms with Gasteiger partial charge in [-0.05, 0) is 12.1 Å². The summed E-state index contributed by atoms with van der Waals surface area (Å²) in [6.07, 6.45) is -4.49. The van der Waals surface area contributed by atoms with Gasteiger partial charge in [0.2, 0.25) is 0 Å². The Morgan fingerprint density at radius 1 is 1.32 bits per heavy atom. The molecule has 0 spiro atoms.